The summed E-state index contributed by atoms with van der Waals surface area (Å²) in [6.45, 7) is 7.09. The number of sulfonamides is 1. The summed E-state index contributed by atoms with van der Waals surface area (Å²) in [4.78, 5) is 0. The lowest BCUT2D eigenvalue weighted by molar-refractivity contribution is 0.597. The van der Waals surface area contributed by atoms with Crippen molar-refractivity contribution in [1.29, 1.82) is 0 Å². The van der Waals surface area contributed by atoms with Crippen LogP contribution < -0.4 is 10.0 Å². The van der Waals surface area contributed by atoms with Gasteiger partial charge in [0.15, 0.2) is 5.82 Å². The van der Waals surface area contributed by atoms with Crippen molar-refractivity contribution in [3.63, 3.8) is 0 Å². The molecule has 1 aromatic heterocycles. The Bertz CT molecular complexity index is 486. The van der Waals surface area contributed by atoms with Crippen molar-refractivity contribution in [3.05, 3.63) is 12.1 Å². The third-order valence-corrected chi connectivity index (χ3v) is 4.07. The Morgan fingerprint density at radius 2 is 1.85 bits per heavy atom. The fourth-order valence-electron chi connectivity index (χ4n) is 1.51. The van der Waals surface area contributed by atoms with Gasteiger partial charge in [0.05, 0.1) is 5.75 Å². The summed E-state index contributed by atoms with van der Waals surface area (Å²) in [7, 11) is -3.31. The first-order valence-corrected chi connectivity index (χ1v) is 8.66. The molecule has 20 heavy (non-hydrogen) atoms. The van der Waals surface area contributed by atoms with Crippen LogP contribution in [0.1, 0.15) is 40.0 Å². The van der Waals surface area contributed by atoms with Crippen LogP contribution >= 0.6 is 0 Å². The molecule has 1 rings (SSSR count). The smallest absolute Gasteiger partial charge is 0.233 e. The fourth-order valence-corrected chi connectivity index (χ4v) is 2.71. The number of hydrogen-bond donors (Lipinski definition) is 2. The third kappa shape index (κ3) is 6.70. The van der Waals surface area contributed by atoms with Crippen LogP contribution in [0.25, 0.3) is 0 Å². The van der Waals surface area contributed by atoms with Crippen LogP contribution in [0.3, 0.4) is 0 Å². The van der Waals surface area contributed by atoms with Crippen molar-refractivity contribution in [2.24, 2.45) is 5.92 Å². The van der Waals surface area contributed by atoms with Gasteiger partial charge in [0.1, 0.15) is 5.82 Å². The van der Waals surface area contributed by atoms with Crippen molar-refractivity contribution < 1.29 is 8.42 Å². The van der Waals surface area contributed by atoms with Crippen molar-refractivity contribution in [2.45, 2.75) is 40.0 Å². The van der Waals surface area contributed by atoms with Gasteiger partial charge in [-0.3, -0.25) is 4.72 Å². The van der Waals surface area contributed by atoms with E-state index in [9.17, 15) is 8.42 Å². The number of nitrogens with zero attached hydrogens (tertiary/aromatic N) is 2. The predicted octanol–water partition coefficient (Wildman–Crippen LogP) is 2.48. The Morgan fingerprint density at radius 3 is 2.40 bits per heavy atom. The highest BCUT2D eigenvalue weighted by molar-refractivity contribution is 7.92. The molecule has 7 heteroatoms. The highest BCUT2D eigenvalue weighted by Crippen LogP contribution is 2.09. The predicted molar refractivity (Wildman–Crippen MR) is 82.3 cm³/mol. The van der Waals surface area contributed by atoms with E-state index >= 15 is 0 Å². The Balaban J connectivity index is 2.50. The van der Waals surface area contributed by atoms with Gasteiger partial charge in [-0.15, -0.1) is 10.2 Å². The quantitative estimate of drug-likeness (QED) is 0.732. The molecule has 2 N–H and O–H groups in total. The summed E-state index contributed by atoms with van der Waals surface area (Å²) in [5, 5.41) is 11.0. The SMILES string of the molecule is CCCCS(=O)(=O)Nc1ccc(NCCC(C)C)nn1. The minimum Gasteiger partial charge on any atom is -0.369 e. The first-order valence-electron chi connectivity index (χ1n) is 7.01. The van der Waals surface area contributed by atoms with Gasteiger partial charge in [-0.05, 0) is 30.9 Å². The molecule has 1 aromatic rings. The number of anilines is 2. The van der Waals surface area contributed by atoms with Crippen molar-refractivity contribution >= 4 is 21.7 Å². The number of hydrogen-bond acceptors (Lipinski definition) is 5. The van der Waals surface area contributed by atoms with Crippen LogP contribution in [0, 0.1) is 5.92 Å². The monoisotopic (exact) mass is 300 g/mol. The minimum absolute atomic E-state index is 0.111. The normalized spacial score (nSPS) is 11.6. The summed E-state index contributed by atoms with van der Waals surface area (Å²) in [6.07, 6.45) is 2.52. The molecular weight excluding hydrogens is 276 g/mol. The molecule has 0 saturated heterocycles. The van der Waals surface area contributed by atoms with Crippen LogP contribution in [-0.2, 0) is 10.0 Å². The second-order valence-corrected chi connectivity index (χ2v) is 7.03. The highest BCUT2D eigenvalue weighted by atomic mass is 32.2. The van der Waals surface area contributed by atoms with Crippen molar-refractivity contribution in [2.75, 3.05) is 22.3 Å². The van der Waals surface area contributed by atoms with Crippen LogP contribution in [-0.4, -0.2) is 30.9 Å². The molecule has 0 fully saturated rings. The van der Waals surface area contributed by atoms with Gasteiger partial charge >= 0.3 is 0 Å². The fraction of sp³-hybridized carbons (Fsp3) is 0.692. The summed E-state index contributed by atoms with van der Waals surface area (Å²) < 4.78 is 25.8. The maximum Gasteiger partial charge on any atom is 0.233 e. The van der Waals surface area contributed by atoms with Gasteiger partial charge in [-0.2, -0.15) is 0 Å². The van der Waals surface area contributed by atoms with Gasteiger partial charge in [0.25, 0.3) is 0 Å². The summed E-state index contributed by atoms with van der Waals surface area (Å²) in [5.74, 6) is 1.65. The number of unbranched alkanes of at least 4 members (excludes halogenated alkanes) is 1. The molecule has 0 aliphatic rings. The van der Waals surface area contributed by atoms with Crippen LogP contribution in [0.2, 0.25) is 0 Å². The number of nitrogens with one attached hydrogen (secondary N) is 2. The van der Waals surface area contributed by atoms with Crippen LogP contribution in [0.15, 0.2) is 12.1 Å². The molecule has 0 unspecified atom stereocenters. The molecule has 0 spiro atoms. The van der Waals surface area contributed by atoms with Gasteiger partial charge in [-0.1, -0.05) is 27.2 Å². The van der Waals surface area contributed by atoms with Gasteiger partial charge in [0.2, 0.25) is 10.0 Å². The first-order chi connectivity index (χ1) is 9.43. The van der Waals surface area contributed by atoms with Crippen molar-refractivity contribution in [1.82, 2.24) is 10.2 Å². The summed E-state index contributed by atoms with van der Waals surface area (Å²) >= 11 is 0. The molecule has 0 amide bonds. The van der Waals surface area contributed by atoms with E-state index in [4.69, 9.17) is 0 Å². The molecule has 0 bridgehead atoms. The summed E-state index contributed by atoms with van der Waals surface area (Å²) in [6, 6.07) is 3.35. The zero-order valence-corrected chi connectivity index (χ0v) is 13.2. The van der Waals surface area contributed by atoms with Gasteiger partial charge in [-0.25, -0.2) is 8.42 Å². The van der Waals surface area contributed by atoms with E-state index in [0.29, 0.717) is 18.2 Å². The number of rotatable bonds is 9. The first kappa shape index (κ1) is 16.7. The average molecular weight is 300 g/mol. The zero-order chi connectivity index (χ0) is 15.0. The Kier molecular flexibility index (Phi) is 6.70. The molecule has 0 aliphatic heterocycles. The van der Waals surface area contributed by atoms with E-state index in [2.05, 4.69) is 34.1 Å². The average Bonchev–Trinajstić information content (AvgIpc) is 2.38. The maximum atomic E-state index is 11.7. The van der Waals surface area contributed by atoms with E-state index < -0.39 is 10.0 Å². The maximum absolute atomic E-state index is 11.7. The second-order valence-electron chi connectivity index (χ2n) is 5.19. The minimum atomic E-state index is -3.31. The molecule has 6 nitrogen and oxygen atoms in total. The Labute approximate surface area is 121 Å². The molecule has 0 aliphatic carbocycles. The van der Waals surface area contributed by atoms with Crippen LogP contribution in [0.4, 0.5) is 11.6 Å². The Hall–Kier alpha value is -1.37. The van der Waals surface area contributed by atoms with Crippen molar-refractivity contribution in [3.8, 4) is 0 Å². The molecular formula is C13H24N4O2S. The highest BCUT2D eigenvalue weighted by Gasteiger charge is 2.10. The van der Waals surface area contributed by atoms with E-state index in [-0.39, 0.29) is 11.6 Å². The molecule has 0 aromatic carbocycles. The standard InChI is InChI=1S/C13H24N4O2S/c1-4-5-10-20(18,19)17-13-7-6-12(15-16-13)14-9-8-11(2)3/h6-7,11H,4-5,8-10H2,1-3H3,(H,14,15)(H,16,17). The van der Waals surface area contributed by atoms with Gasteiger partial charge < -0.3 is 5.32 Å². The second kappa shape index (κ2) is 8.04. The largest absolute Gasteiger partial charge is 0.369 e. The van der Waals surface area contributed by atoms with E-state index in [1.54, 1.807) is 12.1 Å². The molecule has 0 radical (unpaired) electrons. The van der Waals surface area contributed by atoms with E-state index in [0.717, 1.165) is 19.4 Å². The molecule has 1 heterocycles. The lowest BCUT2D eigenvalue weighted by Gasteiger charge is -2.08. The van der Waals surface area contributed by atoms with Crippen LogP contribution in [0.5, 0.6) is 0 Å². The van der Waals surface area contributed by atoms with E-state index in [1.807, 2.05) is 6.92 Å². The zero-order valence-electron chi connectivity index (χ0n) is 12.4. The Morgan fingerprint density at radius 1 is 1.20 bits per heavy atom. The summed E-state index contributed by atoms with van der Waals surface area (Å²) in [5.41, 5.74) is 0. The topological polar surface area (TPSA) is 84.0 Å². The number of aromatic nitrogens is 2. The molecule has 0 atom stereocenters. The third-order valence-electron chi connectivity index (χ3n) is 2.72. The molecule has 0 saturated carbocycles. The molecule has 114 valence electrons. The van der Waals surface area contributed by atoms with Gasteiger partial charge in [0, 0.05) is 6.54 Å². The lowest BCUT2D eigenvalue weighted by atomic mass is 10.1. The lowest BCUT2D eigenvalue weighted by Crippen LogP contribution is -2.17. The van der Waals surface area contributed by atoms with E-state index in [1.165, 1.54) is 0 Å².